The predicted octanol–water partition coefficient (Wildman–Crippen LogP) is 0.589. The molecular weight excluding hydrogens is 166 g/mol. The topological polar surface area (TPSA) is 54.7 Å². The van der Waals surface area contributed by atoms with E-state index in [4.69, 9.17) is 0 Å². The van der Waals surface area contributed by atoms with Gasteiger partial charge in [-0.15, -0.1) is 0 Å². The van der Waals surface area contributed by atoms with Crippen molar-refractivity contribution in [2.45, 2.75) is 5.66 Å². The highest BCUT2D eigenvalue weighted by Gasteiger charge is 2.32. The Bertz CT molecular complexity index is 358. The van der Waals surface area contributed by atoms with Crippen LogP contribution in [0, 0.1) is 0 Å². The van der Waals surface area contributed by atoms with Crippen LogP contribution < -0.4 is 0 Å². The highest BCUT2D eigenvalue weighted by Crippen LogP contribution is 2.24. The summed E-state index contributed by atoms with van der Waals surface area (Å²) >= 11 is 0. The van der Waals surface area contributed by atoms with Crippen LogP contribution in [-0.2, 0) is 10.5 Å². The summed E-state index contributed by atoms with van der Waals surface area (Å²) in [5, 5.41) is 0. The first kappa shape index (κ1) is 7.79. The Morgan fingerprint density at radius 2 is 2.00 bits per heavy atom. The van der Waals surface area contributed by atoms with Crippen LogP contribution in [0.2, 0.25) is 0 Å². The van der Waals surface area contributed by atoms with E-state index in [9.17, 15) is 4.79 Å². The lowest BCUT2D eigenvalue weighted by Crippen LogP contribution is -2.21. The fourth-order valence-electron chi connectivity index (χ4n) is 1.16. The first-order valence-electron chi connectivity index (χ1n) is 3.84. The van der Waals surface area contributed by atoms with Gasteiger partial charge in [-0.25, -0.2) is 9.98 Å². The molecule has 4 nitrogen and oxygen atoms in total. The normalized spacial score (nSPS) is 17.5. The van der Waals surface area contributed by atoms with Crippen molar-refractivity contribution in [3.05, 3.63) is 30.1 Å². The number of carbonyl (C=O) groups excluding carboxylic acids is 1. The number of carbonyl (C=O) groups is 1. The van der Waals surface area contributed by atoms with Crippen molar-refractivity contribution < 1.29 is 4.79 Å². The molecule has 0 unspecified atom stereocenters. The van der Waals surface area contributed by atoms with E-state index in [1.807, 2.05) is 0 Å². The monoisotopic (exact) mass is 173 g/mol. The molecule has 0 spiro atoms. The molecule has 1 aliphatic heterocycles. The SMILES string of the molecule is O=CC1(c2ccccn2)N=CC=N1. The van der Waals surface area contributed by atoms with Gasteiger partial charge in [0.05, 0.1) is 5.69 Å². The molecule has 2 rings (SSSR count). The Kier molecular flexibility index (Phi) is 1.73. The van der Waals surface area contributed by atoms with Gasteiger partial charge in [0, 0.05) is 18.6 Å². The molecule has 0 N–H and O–H groups in total. The van der Waals surface area contributed by atoms with E-state index < -0.39 is 5.66 Å². The second-order valence-electron chi connectivity index (χ2n) is 2.62. The summed E-state index contributed by atoms with van der Waals surface area (Å²) in [5.74, 6) is 0. The lowest BCUT2D eigenvalue weighted by molar-refractivity contribution is -0.112. The molecule has 0 saturated heterocycles. The van der Waals surface area contributed by atoms with Gasteiger partial charge < -0.3 is 0 Å². The zero-order valence-electron chi connectivity index (χ0n) is 6.79. The van der Waals surface area contributed by atoms with Crippen LogP contribution in [0.3, 0.4) is 0 Å². The van der Waals surface area contributed by atoms with Gasteiger partial charge in [-0.3, -0.25) is 9.78 Å². The molecule has 1 aromatic rings. The summed E-state index contributed by atoms with van der Waals surface area (Å²) in [6.45, 7) is 0. The number of pyridine rings is 1. The van der Waals surface area contributed by atoms with Gasteiger partial charge >= 0.3 is 0 Å². The summed E-state index contributed by atoms with van der Waals surface area (Å²) in [6, 6.07) is 5.32. The van der Waals surface area contributed by atoms with Crippen LogP contribution in [0.15, 0.2) is 34.4 Å². The molecule has 4 heteroatoms. The number of hydrogen-bond acceptors (Lipinski definition) is 4. The Morgan fingerprint density at radius 1 is 1.23 bits per heavy atom. The summed E-state index contributed by atoms with van der Waals surface area (Å²) < 4.78 is 0. The van der Waals surface area contributed by atoms with E-state index in [-0.39, 0.29) is 0 Å². The lowest BCUT2D eigenvalue weighted by atomic mass is 10.1. The van der Waals surface area contributed by atoms with Crippen LogP contribution >= 0.6 is 0 Å². The number of aldehydes is 1. The molecule has 1 aromatic heterocycles. The average molecular weight is 173 g/mol. The van der Waals surface area contributed by atoms with E-state index in [2.05, 4.69) is 15.0 Å². The maximum Gasteiger partial charge on any atom is 0.248 e. The molecule has 0 aromatic carbocycles. The highest BCUT2D eigenvalue weighted by atomic mass is 16.1. The quantitative estimate of drug-likeness (QED) is 0.614. The van der Waals surface area contributed by atoms with Crippen molar-refractivity contribution in [2.24, 2.45) is 9.98 Å². The number of aliphatic imine (C=N–C) groups is 2. The first-order chi connectivity index (χ1) is 6.37. The molecule has 1 aliphatic rings. The van der Waals surface area contributed by atoms with Crippen LogP contribution in [0.25, 0.3) is 0 Å². The minimum absolute atomic E-state index is 0.551. The van der Waals surface area contributed by atoms with E-state index >= 15 is 0 Å². The van der Waals surface area contributed by atoms with Gasteiger partial charge in [0.1, 0.15) is 0 Å². The van der Waals surface area contributed by atoms with Gasteiger partial charge in [-0.2, -0.15) is 0 Å². The van der Waals surface area contributed by atoms with E-state index in [0.717, 1.165) is 0 Å². The summed E-state index contributed by atoms with van der Waals surface area (Å²) in [5.41, 5.74) is -0.573. The highest BCUT2D eigenvalue weighted by molar-refractivity contribution is 6.18. The lowest BCUT2D eigenvalue weighted by Gasteiger charge is -2.13. The first-order valence-corrected chi connectivity index (χ1v) is 3.84. The van der Waals surface area contributed by atoms with Crippen molar-refractivity contribution in [2.75, 3.05) is 0 Å². The molecule has 0 aliphatic carbocycles. The van der Waals surface area contributed by atoms with Crippen molar-refractivity contribution in [3.8, 4) is 0 Å². The minimum Gasteiger partial charge on any atom is -0.298 e. The van der Waals surface area contributed by atoms with Crippen LogP contribution in [0.4, 0.5) is 0 Å². The Hall–Kier alpha value is -1.84. The third-order valence-corrected chi connectivity index (χ3v) is 1.82. The van der Waals surface area contributed by atoms with Crippen molar-refractivity contribution >= 4 is 18.7 Å². The largest absolute Gasteiger partial charge is 0.298 e. The Labute approximate surface area is 75.1 Å². The molecule has 0 fully saturated rings. The van der Waals surface area contributed by atoms with E-state index in [1.54, 1.807) is 24.4 Å². The molecule has 0 bridgehead atoms. The molecule has 0 amide bonds. The van der Waals surface area contributed by atoms with Gasteiger partial charge in [-0.05, 0) is 12.1 Å². The third kappa shape index (κ3) is 1.16. The predicted molar refractivity (Wildman–Crippen MR) is 49.0 cm³/mol. The molecule has 0 radical (unpaired) electrons. The second kappa shape index (κ2) is 2.90. The zero-order chi connectivity index (χ0) is 9.15. The molecule has 64 valence electrons. The molecule has 0 atom stereocenters. The fourth-order valence-corrected chi connectivity index (χ4v) is 1.16. The number of rotatable bonds is 2. The smallest absolute Gasteiger partial charge is 0.248 e. The summed E-state index contributed by atoms with van der Waals surface area (Å²) in [7, 11) is 0. The van der Waals surface area contributed by atoms with Crippen LogP contribution in [0.1, 0.15) is 5.69 Å². The van der Waals surface area contributed by atoms with Gasteiger partial charge in [0.25, 0.3) is 0 Å². The minimum atomic E-state index is -1.12. The van der Waals surface area contributed by atoms with Gasteiger partial charge in [-0.1, -0.05) is 6.07 Å². The number of aromatic nitrogens is 1. The maximum atomic E-state index is 10.9. The van der Waals surface area contributed by atoms with Crippen LogP contribution in [0.5, 0.6) is 0 Å². The Morgan fingerprint density at radius 3 is 2.54 bits per heavy atom. The average Bonchev–Trinajstić information content (AvgIpc) is 2.69. The van der Waals surface area contributed by atoms with Crippen molar-refractivity contribution in [1.82, 2.24) is 4.98 Å². The van der Waals surface area contributed by atoms with E-state index in [1.165, 1.54) is 12.4 Å². The molecule has 13 heavy (non-hydrogen) atoms. The zero-order valence-corrected chi connectivity index (χ0v) is 6.79. The standard InChI is InChI=1S/C9H7N3O/c13-7-9(11-5-6-12-9)8-3-1-2-4-10-8/h1-7H. The van der Waals surface area contributed by atoms with Crippen LogP contribution in [-0.4, -0.2) is 23.7 Å². The van der Waals surface area contributed by atoms with E-state index in [0.29, 0.717) is 12.0 Å². The second-order valence-corrected chi connectivity index (χ2v) is 2.62. The van der Waals surface area contributed by atoms with Gasteiger partial charge in [0.2, 0.25) is 5.66 Å². The molecule has 2 heterocycles. The van der Waals surface area contributed by atoms with Crippen molar-refractivity contribution in [3.63, 3.8) is 0 Å². The van der Waals surface area contributed by atoms with Gasteiger partial charge in [0.15, 0.2) is 6.29 Å². The summed E-state index contributed by atoms with van der Waals surface area (Å²) in [4.78, 5) is 22.9. The Balaban J connectivity index is 2.50. The maximum absolute atomic E-state index is 10.9. The fraction of sp³-hybridized carbons (Fsp3) is 0.111. The van der Waals surface area contributed by atoms with Crippen molar-refractivity contribution in [1.29, 1.82) is 0 Å². The molecular formula is C9H7N3O. The third-order valence-electron chi connectivity index (χ3n) is 1.82. The number of hydrogen-bond donors (Lipinski definition) is 0. The molecule has 0 saturated carbocycles. The number of nitrogens with zero attached hydrogens (tertiary/aromatic N) is 3. The summed E-state index contributed by atoms with van der Waals surface area (Å²) in [6.07, 6.45) is 5.31.